The predicted molar refractivity (Wildman–Crippen MR) is 121 cm³/mol. The van der Waals surface area contributed by atoms with E-state index >= 15 is 0 Å². The molecule has 1 amide bonds. The summed E-state index contributed by atoms with van der Waals surface area (Å²) >= 11 is 5.37. The van der Waals surface area contributed by atoms with Gasteiger partial charge in [-0.2, -0.15) is 5.10 Å². The Morgan fingerprint density at radius 2 is 1.83 bits per heavy atom. The van der Waals surface area contributed by atoms with Gasteiger partial charge in [-0.3, -0.25) is 19.4 Å². The average Bonchev–Trinajstić information content (AvgIpc) is 3.41. The first-order valence-corrected chi connectivity index (χ1v) is 10.8. The van der Waals surface area contributed by atoms with Crippen molar-refractivity contribution in [1.29, 1.82) is 0 Å². The minimum atomic E-state index is -0.0685. The monoisotopic (exact) mass is 421 g/mol. The third-order valence-electron chi connectivity index (χ3n) is 5.63. The summed E-state index contributed by atoms with van der Waals surface area (Å²) in [4.78, 5) is 15.3. The number of aromatic amines is 1. The first kappa shape index (κ1) is 20.5. The number of carbonyl (C=O) groups excluding carboxylic acids is 1. The zero-order chi connectivity index (χ0) is 20.9. The van der Waals surface area contributed by atoms with Crippen LogP contribution in [0.15, 0.2) is 54.6 Å². The molecule has 1 unspecified atom stereocenters. The molecular formula is C23H27N5OS. The molecule has 0 saturated carbocycles. The zero-order valence-electron chi connectivity index (χ0n) is 17.2. The van der Waals surface area contributed by atoms with E-state index in [1.54, 1.807) is 4.57 Å². The first-order chi connectivity index (χ1) is 14.6. The van der Waals surface area contributed by atoms with E-state index in [0.29, 0.717) is 17.1 Å². The van der Waals surface area contributed by atoms with E-state index in [2.05, 4.69) is 44.7 Å². The maximum absolute atomic E-state index is 12.8. The Morgan fingerprint density at radius 3 is 2.53 bits per heavy atom. The van der Waals surface area contributed by atoms with Gasteiger partial charge in [-0.05, 0) is 50.6 Å². The maximum atomic E-state index is 12.8. The van der Waals surface area contributed by atoms with E-state index in [9.17, 15) is 4.79 Å². The van der Waals surface area contributed by atoms with Crippen LogP contribution < -0.4 is 5.32 Å². The minimum Gasteiger partial charge on any atom is -0.353 e. The lowest BCUT2D eigenvalue weighted by molar-refractivity contribution is -0.121. The van der Waals surface area contributed by atoms with Gasteiger partial charge in [-0.1, -0.05) is 60.2 Å². The highest BCUT2D eigenvalue weighted by Gasteiger charge is 2.24. The summed E-state index contributed by atoms with van der Waals surface area (Å²) in [5, 5.41) is 10.3. The summed E-state index contributed by atoms with van der Waals surface area (Å²) in [5.74, 6) is 0.607. The number of nitrogens with zero attached hydrogens (tertiary/aromatic N) is 3. The molecule has 2 aromatic carbocycles. The van der Waals surface area contributed by atoms with Crippen LogP contribution in [0.1, 0.15) is 30.0 Å². The van der Waals surface area contributed by atoms with Crippen LogP contribution in [0.2, 0.25) is 0 Å². The number of nitrogens with one attached hydrogen (secondary N) is 2. The second-order valence-corrected chi connectivity index (χ2v) is 8.16. The van der Waals surface area contributed by atoms with Gasteiger partial charge in [-0.15, -0.1) is 0 Å². The van der Waals surface area contributed by atoms with Gasteiger partial charge in [0.05, 0.1) is 6.04 Å². The third-order valence-corrected chi connectivity index (χ3v) is 5.94. The lowest BCUT2D eigenvalue weighted by Gasteiger charge is -2.28. The topological polar surface area (TPSA) is 66.0 Å². The molecule has 156 valence electrons. The first-order valence-electron chi connectivity index (χ1n) is 10.4. The fourth-order valence-electron chi connectivity index (χ4n) is 3.98. The highest BCUT2D eigenvalue weighted by Crippen LogP contribution is 2.24. The van der Waals surface area contributed by atoms with Crippen molar-refractivity contribution in [2.75, 3.05) is 19.6 Å². The van der Waals surface area contributed by atoms with E-state index in [0.717, 1.165) is 18.7 Å². The molecule has 0 aliphatic carbocycles. The van der Waals surface area contributed by atoms with Crippen molar-refractivity contribution >= 4 is 18.1 Å². The smallest absolute Gasteiger partial charge is 0.240 e. The van der Waals surface area contributed by atoms with Crippen molar-refractivity contribution in [3.63, 3.8) is 0 Å². The van der Waals surface area contributed by atoms with Crippen LogP contribution in [0.5, 0.6) is 0 Å². The summed E-state index contributed by atoms with van der Waals surface area (Å²) < 4.78 is 2.20. The van der Waals surface area contributed by atoms with Crippen LogP contribution in [-0.4, -0.2) is 45.2 Å². The Balaban J connectivity index is 1.46. The van der Waals surface area contributed by atoms with Crippen LogP contribution >= 0.6 is 12.2 Å². The van der Waals surface area contributed by atoms with Gasteiger partial charge in [-0.25, -0.2) is 0 Å². The SMILES string of the molecule is Cc1ccc(-c2n[nH]c(=S)n2CC(=O)NCC(c2ccccc2)N2CCCC2)cc1. The van der Waals surface area contributed by atoms with Gasteiger partial charge >= 0.3 is 0 Å². The number of aromatic nitrogens is 3. The van der Waals surface area contributed by atoms with Gasteiger partial charge in [0.25, 0.3) is 0 Å². The fourth-order valence-corrected chi connectivity index (χ4v) is 4.18. The second kappa shape index (κ2) is 9.36. The number of likely N-dealkylation sites (tertiary alicyclic amines) is 1. The summed E-state index contributed by atoms with van der Waals surface area (Å²) in [6.45, 7) is 4.89. The quantitative estimate of drug-likeness (QED) is 0.569. The van der Waals surface area contributed by atoms with Crippen molar-refractivity contribution in [2.45, 2.75) is 32.4 Å². The molecule has 6 nitrogen and oxygen atoms in total. The molecule has 1 aliphatic heterocycles. The summed E-state index contributed by atoms with van der Waals surface area (Å²) in [6, 6.07) is 18.6. The van der Waals surface area contributed by atoms with E-state index in [4.69, 9.17) is 12.2 Å². The Labute approximate surface area is 181 Å². The molecule has 4 rings (SSSR count). The molecule has 1 aliphatic rings. The Bertz CT molecular complexity index is 1040. The van der Waals surface area contributed by atoms with Crippen molar-refractivity contribution in [3.8, 4) is 11.4 Å². The molecule has 2 N–H and O–H groups in total. The molecule has 0 radical (unpaired) electrons. The number of rotatable bonds is 7. The van der Waals surface area contributed by atoms with Crippen LogP contribution in [0, 0.1) is 11.7 Å². The number of H-pyrrole nitrogens is 1. The Kier molecular flexibility index (Phi) is 6.40. The standard InChI is InChI=1S/C23H27N5OS/c1-17-9-11-19(12-10-17)22-25-26-23(30)28(22)16-21(29)24-15-20(27-13-5-6-14-27)18-7-3-2-4-8-18/h2-4,7-12,20H,5-6,13-16H2,1H3,(H,24,29)(H,26,30). The van der Waals surface area contributed by atoms with E-state index < -0.39 is 0 Å². The number of hydrogen-bond donors (Lipinski definition) is 2. The maximum Gasteiger partial charge on any atom is 0.240 e. The van der Waals surface area contributed by atoms with Gasteiger partial charge in [0.2, 0.25) is 5.91 Å². The largest absolute Gasteiger partial charge is 0.353 e. The zero-order valence-corrected chi connectivity index (χ0v) is 18.0. The second-order valence-electron chi connectivity index (χ2n) is 7.78. The number of amides is 1. The molecule has 1 atom stereocenters. The fraction of sp³-hybridized carbons (Fsp3) is 0.348. The Hall–Kier alpha value is -2.77. The van der Waals surface area contributed by atoms with Gasteiger partial charge in [0.1, 0.15) is 6.54 Å². The van der Waals surface area contributed by atoms with Crippen molar-refractivity contribution in [1.82, 2.24) is 25.0 Å². The molecule has 0 spiro atoms. The Morgan fingerprint density at radius 1 is 1.13 bits per heavy atom. The van der Waals surface area contributed by atoms with Crippen molar-refractivity contribution < 1.29 is 4.79 Å². The number of aryl methyl sites for hydroxylation is 1. The highest BCUT2D eigenvalue weighted by atomic mass is 32.1. The number of hydrogen-bond acceptors (Lipinski definition) is 4. The predicted octanol–water partition coefficient (Wildman–Crippen LogP) is 3.87. The van der Waals surface area contributed by atoms with Crippen LogP contribution in [-0.2, 0) is 11.3 Å². The molecule has 3 aromatic rings. The molecule has 30 heavy (non-hydrogen) atoms. The molecular weight excluding hydrogens is 394 g/mol. The number of carbonyl (C=O) groups is 1. The molecule has 0 bridgehead atoms. The minimum absolute atomic E-state index is 0.0685. The van der Waals surface area contributed by atoms with Gasteiger partial charge in [0, 0.05) is 12.1 Å². The third kappa shape index (κ3) is 4.68. The van der Waals surface area contributed by atoms with Crippen molar-refractivity contribution in [3.05, 3.63) is 70.5 Å². The number of benzene rings is 2. The highest BCUT2D eigenvalue weighted by molar-refractivity contribution is 7.71. The molecule has 1 saturated heterocycles. The average molecular weight is 422 g/mol. The van der Waals surface area contributed by atoms with Crippen LogP contribution in [0.3, 0.4) is 0 Å². The lowest BCUT2D eigenvalue weighted by Crippen LogP contribution is -2.38. The summed E-state index contributed by atoms with van der Waals surface area (Å²) in [6.07, 6.45) is 2.42. The normalized spacial score (nSPS) is 15.2. The van der Waals surface area contributed by atoms with E-state index in [-0.39, 0.29) is 18.5 Å². The summed E-state index contributed by atoms with van der Waals surface area (Å²) in [7, 11) is 0. The van der Waals surface area contributed by atoms with Crippen LogP contribution in [0.25, 0.3) is 11.4 Å². The van der Waals surface area contributed by atoms with Crippen LogP contribution in [0.4, 0.5) is 0 Å². The van der Waals surface area contributed by atoms with E-state index in [1.807, 2.05) is 37.3 Å². The molecule has 7 heteroatoms. The lowest BCUT2D eigenvalue weighted by atomic mass is 10.1. The molecule has 1 aromatic heterocycles. The van der Waals surface area contributed by atoms with Gasteiger partial charge in [0.15, 0.2) is 10.6 Å². The van der Waals surface area contributed by atoms with Crippen molar-refractivity contribution in [2.24, 2.45) is 0 Å². The summed E-state index contributed by atoms with van der Waals surface area (Å²) in [5.41, 5.74) is 3.34. The molecule has 1 fully saturated rings. The van der Waals surface area contributed by atoms with Gasteiger partial charge < -0.3 is 5.32 Å². The van der Waals surface area contributed by atoms with E-state index in [1.165, 1.54) is 24.0 Å². The molecule has 2 heterocycles.